The van der Waals surface area contributed by atoms with E-state index in [2.05, 4.69) is 27.4 Å². The highest BCUT2D eigenvalue weighted by atomic mass is 16.6. The Morgan fingerprint density at radius 1 is 1.20 bits per heavy atom. The minimum absolute atomic E-state index is 0. The van der Waals surface area contributed by atoms with Crippen LogP contribution in [0.25, 0.3) is 0 Å². The number of hydrogen-bond donors (Lipinski definition) is 3. The highest BCUT2D eigenvalue weighted by Gasteiger charge is 2.76. The number of aliphatic hydroxyl groups is 3. The van der Waals surface area contributed by atoms with Crippen LogP contribution in [0.2, 0.25) is 0 Å². The SMILES string of the molecule is C.C=C(C)[C@@H]1CC=C(C)[C@@H](O)[C@@H]1O.CC1(C)C2CC1[C@@]1(C)O[C@H]1[C@@H]2O. The minimum Gasteiger partial charge on any atom is -0.390 e. The van der Waals surface area contributed by atoms with Gasteiger partial charge in [-0.3, -0.25) is 0 Å². The first-order valence-electron chi connectivity index (χ1n) is 9.06. The van der Waals surface area contributed by atoms with E-state index < -0.39 is 12.2 Å². The highest BCUT2D eigenvalue weighted by molar-refractivity contribution is 5.24. The first-order valence-corrected chi connectivity index (χ1v) is 9.06. The summed E-state index contributed by atoms with van der Waals surface area (Å²) in [6.07, 6.45) is 2.51. The van der Waals surface area contributed by atoms with Crippen LogP contribution >= 0.6 is 0 Å². The molecule has 144 valence electrons. The van der Waals surface area contributed by atoms with Crippen molar-refractivity contribution in [1.29, 1.82) is 0 Å². The maximum Gasteiger partial charge on any atom is 0.113 e. The topological polar surface area (TPSA) is 73.2 Å². The summed E-state index contributed by atoms with van der Waals surface area (Å²) in [5.41, 5.74) is 2.13. The summed E-state index contributed by atoms with van der Waals surface area (Å²) in [5, 5.41) is 29.0. The van der Waals surface area contributed by atoms with Crippen LogP contribution in [0, 0.1) is 23.2 Å². The standard InChI is InChI=1S/2C10H16O2.CH4/c1-9(2)5-4-6(9)10(3)8(12-10)7(5)11;1-6(2)8-5-4-7(3)9(11)10(8)12;/h5-8,11H,4H2,1-3H3;4,8-12H,1,5H2,2-3H3;1H4/t5?,6?,7-,8+,10-;8-,9+,10+;/m10./s1. The van der Waals surface area contributed by atoms with Crippen LogP contribution in [-0.4, -0.2) is 45.3 Å². The van der Waals surface area contributed by atoms with Crippen LogP contribution in [0.3, 0.4) is 0 Å². The Hall–Kier alpha value is -0.680. The molecule has 2 bridgehead atoms. The van der Waals surface area contributed by atoms with Crippen molar-refractivity contribution in [3.8, 4) is 0 Å². The minimum atomic E-state index is -0.708. The fraction of sp³-hybridized carbons (Fsp3) is 0.810. The molecule has 0 aromatic heterocycles. The molecule has 4 nitrogen and oxygen atoms in total. The van der Waals surface area contributed by atoms with E-state index in [1.807, 2.05) is 19.9 Å². The van der Waals surface area contributed by atoms with E-state index in [9.17, 15) is 15.3 Å². The summed E-state index contributed by atoms with van der Waals surface area (Å²) in [5.74, 6) is 1.19. The van der Waals surface area contributed by atoms with Crippen LogP contribution in [0.4, 0.5) is 0 Å². The zero-order chi connectivity index (χ0) is 18.0. The maximum absolute atomic E-state index is 9.90. The Balaban J connectivity index is 0.000000173. The average molecular weight is 353 g/mol. The molecule has 0 spiro atoms. The molecule has 2 unspecified atom stereocenters. The molecule has 0 amide bonds. The third-order valence-corrected chi connectivity index (χ3v) is 7.18. The number of aliphatic hydroxyl groups excluding tert-OH is 3. The molecular weight excluding hydrogens is 316 g/mol. The van der Waals surface area contributed by atoms with E-state index >= 15 is 0 Å². The summed E-state index contributed by atoms with van der Waals surface area (Å²) in [6, 6.07) is 0. The summed E-state index contributed by atoms with van der Waals surface area (Å²) in [6.45, 7) is 14.2. The zero-order valence-electron chi connectivity index (χ0n) is 15.5. The van der Waals surface area contributed by atoms with Gasteiger partial charge in [0, 0.05) is 5.92 Å². The van der Waals surface area contributed by atoms with Crippen molar-refractivity contribution >= 4 is 0 Å². The summed E-state index contributed by atoms with van der Waals surface area (Å²) in [4.78, 5) is 0. The second-order valence-electron chi connectivity index (χ2n) is 9.00. The molecule has 0 aromatic rings. The van der Waals surface area contributed by atoms with Crippen molar-refractivity contribution < 1.29 is 20.1 Å². The van der Waals surface area contributed by atoms with Gasteiger partial charge in [-0.05, 0) is 56.4 Å². The van der Waals surface area contributed by atoms with Crippen LogP contribution in [-0.2, 0) is 4.74 Å². The van der Waals surface area contributed by atoms with Crippen molar-refractivity contribution in [2.45, 2.75) is 84.9 Å². The number of allylic oxidation sites excluding steroid dienone is 1. The lowest BCUT2D eigenvalue weighted by atomic mass is 9.45. The Morgan fingerprint density at radius 2 is 1.80 bits per heavy atom. The molecule has 1 heterocycles. The molecule has 0 aromatic carbocycles. The molecule has 3 N–H and O–H groups in total. The van der Waals surface area contributed by atoms with Gasteiger partial charge in [0.2, 0.25) is 0 Å². The lowest BCUT2D eigenvalue weighted by Crippen LogP contribution is -2.62. The molecule has 3 saturated carbocycles. The third-order valence-electron chi connectivity index (χ3n) is 7.18. The van der Waals surface area contributed by atoms with Gasteiger partial charge < -0.3 is 20.1 Å². The Morgan fingerprint density at radius 3 is 2.28 bits per heavy atom. The molecule has 0 radical (unpaired) electrons. The average Bonchev–Trinajstić information content (AvgIpc) is 3.18. The molecule has 4 fully saturated rings. The number of hydrogen-bond acceptors (Lipinski definition) is 4. The number of epoxide rings is 1. The van der Waals surface area contributed by atoms with E-state index in [0.29, 0.717) is 17.3 Å². The smallest absolute Gasteiger partial charge is 0.113 e. The molecule has 1 saturated heterocycles. The Bertz CT molecular complexity index is 561. The first-order chi connectivity index (χ1) is 11.0. The molecule has 1 aliphatic heterocycles. The van der Waals surface area contributed by atoms with Gasteiger partial charge in [0.25, 0.3) is 0 Å². The number of rotatable bonds is 1. The van der Waals surface area contributed by atoms with Gasteiger partial charge in [-0.25, -0.2) is 0 Å². The van der Waals surface area contributed by atoms with Gasteiger partial charge >= 0.3 is 0 Å². The molecule has 4 heteroatoms. The molecular formula is C21H36O4. The summed E-state index contributed by atoms with van der Waals surface area (Å²) >= 11 is 0. The highest BCUT2D eigenvalue weighted by Crippen LogP contribution is 2.70. The molecule has 25 heavy (non-hydrogen) atoms. The predicted molar refractivity (Wildman–Crippen MR) is 100 cm³/mol. The van der Waals surface area contributed by atoms with E-state index in [4.69, 9.17) is 4.74 Å². The summed E-state index contributed by atoms with van der Waals surface area (Å²) in [7, 11) is 0. The second kappa shape index (κ2) is 6.49. The quantitative estimate of drug-likeness (QED) is 0.501. The van der Waals surface area contributed by atoms with Gasteiger partial charge in [-0.1, -0.05) is 39.5 Å². The van der Waals surface area contributed by atoms with Gasteiger partial charge in [-0.2, -0.15) is 0 Å². The molecule has 5 rings (SSSR count). The molecule has 8 atom stereocenters. The molecule has 5 aliphatic rings. The number of ether oxygens (including phenoxy) is 1. The molecule has 4 aliphatic carbocycles. The normalized spacial score (nSPS) is 48.5. The lowest BCUT2D eigenvalue weighted by molar-refractivity contribution is -0.139. The van der Waals surface area contributed by atoms with E-state index in [-0.39, 0.29) is 31.2 Å². The van der Waals surface area contributed by atoms with Gasteiger partial charge in [-0.15, -0.1) is 0 Å². The predicted octanol–water partition coefficient (Wildman–Crippen LogP) is 3.07. The van der Waals surface area contributed by atoms with E-state index in [0.717, 1.165) is 17.6 Å². The Labute approximate surface area is 152 Å². The van der Waals surface area contributed by atoms with E-state index in [1.54, 1.807) is 0 Å². The fourth-order valence-electron chi connectivity index (χ4n) is 5.21. The lowest BCUT2D eigenvalue weighted by Gasteiger charge is -2.59. The van der Waals surface area contributed by atoms with Gasteiger partial charge in [0.1, 0.15) is 12.2 Å². The van der Waals surface area contributed by atoms with E-state index in [1.165, 1.54) is 6.42 Å². The van der Waals surface area contributed by atoms with Crippen LogP contribution in [0.15, 0.2) is 23.8 Å². The van der Waals surface area contributed by atoms with Crippen LogP contribution in [0.5, 0.6) is 0 Å². The van der Waals surface area contributed by atoms with Gasteiger partial charge in [0.15, 0.2) is 0 Å². The van der Waals surface area contributed by atoms with Crippen molar-refractivity contribution in [2.24, 2.45) is 23.2 Å². The van der Waals surface area contributed by atoms with Crippen LogP contribution < -0.4 is 0 Å². The van der Waals surface area contributed by atoms with Crippen molar-refractivity contribution in [3.05, 3.63) is 23.8 Å². The third kappa shape index (κ3) is 3.01. The first kappa shape index (κ1) is 20.6. The van der Waals surface area contributed by atoms with Crippen molar-refractivity contribution in [2.75, 3.05) is 0 Å². The maximum atomic E-state index is 9.90. The van der Waals surface area contributed by atoms with Gasteiger partial charge in [0.05, 0.1) is 17.8 Å². The van der Waals surface area contributed by atoms with Crippen molar-refractivity contribution in [3.63, 3.8) is 0 Å². The van der Waals surface area contributed by atoms with Crippen LogP contribution in [0.1, 0.15) is 54.9 Å². The second-order valence-corrected chi connectivity index (χ2v) is 9.00. The fourth-order valence-corrected chi connectivity index (χ4v) is 5.21. The summed E-state index contributed by atoms with van der Waals surface area (Å²) < 4.78 is 5.62. The Kier molecular flexibility index (Phi) is 5.35. The largest absolute Gasteiger partial charge is 0.390 e. The zero-order valence-corrected chi connectivity index (χ0v) is 15.5. The monoisotopic (exact) mass is 352 g/mol. The van der Waals surface area contributed by atoms with Crippen molar-refractivity contribution in [1.82, 2.24) is 0 Å².